The zero-order valence-corrected chi connectivity index (χ0v) is 12.6. The van der Waals surface area contributed by atoms with Gasteiger partial charge in [0, 0.05) is 17.5 Å². The van der Waals surface area contributed by atoms with Crippen LogP contribution >= 0.6 is 11.6 Å². The molecule has 0 radical (unpaired) electrons. The van der Waals surface area contributed by atoms with E-state index in [4.69, 9.17) is 17.3 Å². The molecule has 0 saturated heterocycles. The van der Waals surface area contributed by atoms with E-state index in [1.54, 1.807) is 0 Å². The highest BCUT2D eigenvalue weighted by molar-refractivity contribution is 6.33. The molecule has 0 fully saturated rings. The summed E-state index contributed by atoms with van der Waals surface area (Å²) in [5.41, 5.74) is 5.35. The van der Waals surface area contributed by atoms with Crippen LogP contribution < -0.4 is 11.1 Å². The molecule has 1 heterocycles. The monoisotopic (exact) mass is 312 g/mol. The molecule has 2 aromatic rings. The van der Waals surface area contributed by atoms with Crippen LogP contribution in [-0.4, -0.2) is 9.97 Å². The summed E-state index contributed by atoms with van der Waals surface area (Å²) >= 11 is 5.84. The third-order valence-corrected chi connectivity index (χ3v) is 2.97. The van der Waals surface area contributed by atoms with Gasteiger partial charge in [0.05, 0.1) is 10.7 Å². The normalized spacial score (nSPS) is 11.5. The molecule has 0 atom stereocenters. The maximum Gasteiger partial charge on any atom is 0.151 e. The number of hydrogen-bond donors (Lipinski definition) is 2. The minimum atomic E-state index is -0.811. The minimum absolute atomic E-state index is 0.0592. The molecule has 0 aliphatic heterocycles. The molecule has 0 unspecified atom stereocenters. The van der Waals surface area contributed by atoms with Gasteiger partial charge in [-0.3, -0.25) is 0 Å². The number of aromatic nitrogens is 2. The van der Waals surface area contributed by atoms with Crippen molar-refractivity contribution >= 4 is 28.9 Å². The Morgan fingerprint density at radius 2 is 1.81 bits per heavy atom. The van der Waals surface area contributed by atoms with Crippen LogP contribution in [0.25, 0.3) is 0 Å². The third kappa shape index (κ3) is 3.58. The maximum absolute atomic E-state index is 13.8. The molecule has 0 saturated carbocycles. The lowest BCUT2D eigenvalue weighted by Crippen LogP contribution is -2.17. The van der Waals surface area contributed by atoms with E-state index in [1.807, 2.05) is 20.8 Å². The van der Waals surface area contributed by atoms with Crippen molar-refractivity contribution in [1.29, 1.82) is 0 Å². The Labute approximate surface area is 126 Å². The van der Waals surface area contributed by atoms with E-state index in [-0.39, 0.29) is 21.9 Å². The molecule has 0 bridgehead atoms. The number of anilines is 3. The van der Waals surface area contributed by atoms with E-state index in [0.717, 1.165) is 12.1 Å². The number of nitrogen functional groups attached to an aromatic ring is 1. The van der Waals surface area contributed by atoms with Crippen molar-refractivity contribution < 1.29 is 8.78 Å². The zero-order chi connectivity index (χ0) is 15.8. The van der Waals surface area contributed by atoms with Crippen LogP contribution in [0, 0.1) is 11.6 Å². The molecular weight excluding hydrogens is 298 g/mol. The molecule has 3 N–H and O–H groups in total. The lowest BCUT2D eigenvalue weighted by molar-refractivity contribution is 0.547. The molecule has 0 amide bonds. The molecule has 1 aromatic carbocycles. The average molecular weight is 313 g/mol. The molecule has 4 nitrogen and oxygen atoms in total. The van der Waals surface area contributed by atoms with E-state index in [0.29, 0.717) is 11.6 Å². The molecule has 7 heteroatoms. The number of benzene rings is 1. The Kier molecular flexibility index (Phi) is 4.00. The number of nitrogens with one attached hydrogen (secondary N) is 1. The van der Waals surface area contributed by atoms with Crippen molar-refractivity contribution in [3.05, 3.63) is 40.7 Å². The van der Waals surface area contributed by atoms with E-state index < -0.39 is 11.6 Å². The molecule has 21 heavy (non-hydrogen) atoms. The van der Waals surface area contributed by atoms with Gasteiger partial charge in [0.2, 0.25) is 0 Å². The van der Waals surface area contributed by atoms with Crippen LogP contribution in [0.5, 0.6) is 0 Å². The van der Waals surface area contributed by atoms with Gasteiger partial charge in [-0.05, 0) is 6.07 Å². The van der Waals surface area contributed by atoms with E-state index in [9.17, 15) is 8.78 Å². The predicted octanol–water partition coefficient (Wildman–Crippen LogP) is 4.03. The predicted molar refractivity (Wildman–Crippen MR) is 79.8 cm³/mol. The molecule has 0 spiro atoms. The topological polar surface area (TPSA) is 63.8 Å². The second-order valence-electron chi connectivity index (χ2n) is 5.62. The molecule has 2 rings (SSSR count). The van der Waals surface area contributed by atoms with E-state index in [2.05, 4.69) is 15.3 Å². The average Bonchev–Trinajstić information content (AvgIpc) is 2.32. The Morgan fingerprint density at radius 1 is 1.14 bits per heavy atom. The fourth-order valence-electron chi connectivity index (χ4n) is 1.66. The van der Waals surface area contributed by atoms with Gasteiger partial charge in [0.15, 0.2) is 5.82 Å². The van der Waals surface area contributed by atoms with Crippen LogP contribution in [0.3, 0.4) is 0 Å². The van der Waals surface area contributed by atoms with Crippen molar-refractivity contribution in [2.75, 3.05) is 11.1 Å². The number of hydrogen-bond acceptors (Lipinski definition) is 4. The zero-order valence-electron chi connectivity index (χ0n) is 11.8. The van der Waals surface area contributed by atoms with Crippen molar-refractivity contribution in [3.8, 4) is 0 Å². The largest absolute Gasteiger partial charge is 0.384 e. The minimum Gasteiger partial charge on any atom is -0.384 e. The lowest BCUT2D eigenvalue weighted by Gasteiger charge is -2.18. The van der Waals surface area contributed by atoms with Crippen LogP contribution in [0.2, 0.25) is 5.02 Å². The first kappa shape index (κ1) is 15.4. The summed E-state index contributed by atoms with van der Waals surface area (Å²) in [5.74, 6) is -0.519. The van der Waals surface area contributed by atoms with Crippen LogP contribution in [-0.2, 0) is 5.41 Å². The number of nitrogens with zero attached hydrogens (tertiary/aromatic N) is 2. The first-order chi connectivity index (χ1) is 9.66. The SMILES string of the molecule is CC(C)(C)c1nc(N)cc(Nc2c(F)cc(F)cc2Cl)n1. The quantitative estimate of drug-likeness (QED) is 0.878. The van der Waals surface area contributed by atoms with Gasteiger partial charge < -0.3 is 11.1 Å². The van der Waals surface area contributed by atoms with Gasteiger partial charge in [0.1, 0.15) is 23.3 Å². The first-order valence-corrected chi connectivity index (χ1v) is 6.61. The highest BCUT2D eigenvalue weighted by atomic mass is 35.5. The first-order valence-electron chi connectivity index (χ1n) is 6.23. The van der Waals surface area contributed by atoms with Gasteiger partial charge in [-0.25, -0.2) is 18.7 Å². The Balaban J connectivity index is 2.43. The fourth-order valence-corrected chi connectivity index (χ4v) is 1.90. The standard InChI is InChI=1S/C14H15ClF2N4/c1-14(2,3)13-19-10(18)6-11(21-13)20-12-8(15)4-7(16)5-9(12)17/h4-6H,1-3H3,(H3,18,19,20,21). The Morgan fingerprint density at radius 3 is 2.38 bits per heavy atom. The third-order valence-electron chi connectivity index (χ3n) is 2.68. The van der Waals surface area contributed by atoms with Crippen molar-refractivity contribution in [2.45, 2.75) is 26.2 Å². The van der Waals surface area contributed by atoms with Gasteiger partial charge in [0.25, 0.3) is 0 Å². The van der Waals surface area contributed by atoms with Crippen LogP contribution in [0.15, 0.2) is 18.2 Å². The van der Waals surface area contributed by atoms with Gasteiger partial charge in [-0.2, -0.15) is 0 Å². The molecule has 1 aromatic heterocycles. The summed E-state index contributed by atoms with van der Waals surface area (Å²) in [5, 5.41) is 2.63. The molecule has 0 aliphatic rings. The summed E-state index contributed by atoms with van der Waals surface area (Å²) < 4.78 is 26.8. The summed E-state index contributed by atoms with van der Waals surface area (Å²) in [6, 6.07) is 3.21. The van der Waals surface area contributed by atoms with E-state index >= 15 is 0 Å². The Hall–Kier alpha value is -1.95. The lowest BCUT2D eigenvalue weighted by atomic mass is 9.96. The van der Waals surface area contributed by atoms with Gasteiger partial charge >= 0.3 is 0 Å². The highest BCUT2D eigenvalue weighted by Crippen LogP contribution is 2.30. The summed E-state index contributed by atoms with van der Waals surface area (Å²) in [7, 11) is 0. The summed E-state index contributed by atoms with van der Waals surface area (Å²) in [6.07, 6.45) is 0. The van der Waals surface area contributed by atoms with Crippen LogP contribution in [0.1, 0.15) is 26.6 Å². The second kappa shape index (κ2) is 5.44. The van der Waals surface area contributed by atoms with Gasteiger partial charge in [-0.15, -0.1) is 0 Å². The van der Waals surface area contributed by atoms with Crippen molar-refractivity contribution in [3.63, 3.8) is 0 Å². The summed E-state index contributed by atoms with van der Waals surface area (Å²) in [6.45, 7) is 5.78. The molecular formula is C14H15ClF2N4. The number of halogens is 3. The highest BCUT2D eigenvalue weighted by Gasteiger charge is 2.19. The van der Waals surface area contributed by atoms with Crippen molar-refractivity contribution in [1.82, 2.24) is 9.97 Å². The fraction of sp³-hybridized carbons (Fsp3) is 0.286. The van der Waals surface area contributed by atoms with Gasteiger partial charge in [-0.1, -0.05) is 32.4 Å². The van der Waals surface area contributed by atoms with Crippen molar-refractivity contribution in [2.24, 2.45) is 0 Å². The molecule has 112 valence electrons. The Bertz CT molecular complexity index is 660. The smallest absolute Gasteiger partial charge is 0.151 e. The maximum atomic E-state index is 13.8. The second-order valence-corrected chi connectivity index (χ2v) is 6.03. The summed E-state index contributed by atoms with van der Waals surface area (Å²) in [4.78, 5) is 8.43. The van der Waals surface area contributed by atoms with Crippen LogP contribution in [0.4, 0.5) is 26.1 Å². The number of rotatable bonds is 2. The van der Waals surface area contributed by atoms with E-state index in [1.165, 1.54) is 6.07 Å². The molecule has 0 aliphatic carbocycles. The number of nitrogens with two attached hydrogens (primary N) is 1.